The number of esters is 1. The van der Waals surface area contributed by atoms with E-state index in [2.05, 4.69) is 0 Å². The quantitative estimate of drug-likeness (QED) is 0.868. The van der Waals surface area contributed by atoms with Crippen molar-refractivity contribution < 1.29 is 19.4 Å². The van der Waals surface area contributed by atoms with Crippen molar-refractivity contribution in [1.82, 2.24) is 0 Å². The van der Waals surface area contributed by atoms with Crippen molar-refractivity contribution in [2.24, 2.45) is 0 Å². The molecule has 1 atom stereocenters. The zero-order chi connectivity index (χ0) is 14.3. The zero-order valence-corrected chi connectivity index (χ0v) is 11.1. The first kappa shape index (κ1) is 12.8. The molecule has 4 heteroatoms. The normalized spacial score (nSPS) is 20.4. The number of ether oxygens (including phenoxy) is 1. The monoisotopic (exact) mass is 270 g/mol. The van der Waals surface area contributed by atoms with E-state index in [9.17, 15) is 14.7 Å². The smallest absolute Gasteiger partial charge is 0.309 e. The van der Waals surface area contributed by atoms with Gasteiger partial charge in [-0.15, -0.1) is 0 Å². The molecule has 20 heavy (non-hydrogen) atoms. The Morgan fingerprint density at radius 2 is 1.95 bits per heavy atom. The minimum Gasteiger partial charge on any atom is -0.466 e. The van der Waals surface area contributed by atoms with Crippen molar-refractivity contribution in [1.29, 1.82) is 0 Å². The summed E-state index contributed by atoms with van der Waals surface area (Å²) in [7, 11) is 0. The molecule has 0 bridgehead atoms. The minimum atomic E-state index is -1.81. The van der Waals surface area contributed by atoms with Gasteiger partial charge in [-0.2, -0.15) is 0 Å². The van der Waals surface area contributed by atoms with Gasteiger partial charge in [0, 0.05) is 11.1 Å². The third-order valence-electron chi connectivity index (χ3n) is 3.68. The summed E-state index contributed by atoms with van der Waals surface area (Å²) in [4.78, 5) is 24.2. The second-order valence-corrected chi connectivity index (χ2v) is 4.88. The highest BCUT2D eigenvalue weighted by atomic mass is 16.5. The third kappa shape index (κ3) is 1.65. The van der Waals surface area contributed by atoms with Gasteiger partial charge in [-0.3, -0.25) is 9.59 Å². The number of carbonyl (C=O) groups is 2. The van der Waals surface area contributed by atoms with Gasteiger partial charge >= 0.3 is 5.97 Å². The predicted octanol–water partition coefficient (Wildman–Crippen LogP) is 2.18. The molecule has 1 unspecified atom stereocenters. The second kappa shape index (κ2) is 4.42. The number of rotatable bonds is 3. The van der Waals surface area contributed by atoms with Gasteiger partial charge in [0.2, 0.25) is 0 Å². The van der Waals surface area contributed by atoms with Gasteiger partial charge in [0.05, 0.1) is 13.0 Å². The minimum absolute atomic E-state index is 0.222. The van der Waals surface area contributed by atoms with Crippen LogP contribution in [0, 0.1) is 0 Å². The molecule has 0 radical (unpaired) electrons. The molecule has 3 rings (SSSR count). The van der Waals surface area contributed by atoms with E-state index >= 15 is 0 Å². The van der Waals surface area contributed by atoms with E-state index in [1.54, 1.807) is 31.2 Å². The first-order valence-electron chi connectivity index (χ1n) is 6.53. The van der Waals surface area contributed by atoms with Crippen molar-refractivity contribution in [2.45, 2.75) is 18.9 Å². The van der Waals surface area contributed by atoms with Crippen LogP contribution in [0.25, 0.3) is 10.8 Å². The molecule has 0 saturated carbocycles. The molecule has 1 aliphatic carbocycles. The van der Waals surface area contributed by atoms with Crippen LogP contribution in [0.2, 0.25) is 0 Å². The van der Waals surface area contributed by atoms with Crippen LogP contribution < -0.4 is 0 Å². The number of ketones is 1. The van der Waals surface area contributed by atoms with Gasteiger partial charge in [-0.25, -0.2) is 0 Å². The summed E-state index contributed by atoms with van der Waals surface area (Å²) in [6, 6.07) is 10.7. The number of Topliss-reactive ketones (excluding diaryl/α,β-unsaturated/α-hetero) is 1. The molecular weight excluding hydrogens is 256 g/mol. The van der Waals surface area contributed by atoms with E-state index in [1.165, 1.54) is 0 Å². The van der Waals surface area contributed by atoms with Gasteiger partial charge in [-0.05, 0) is 17.7 Å². The maximum Gasteiger partial charge on any atom is 0.309 e. The molecule has 0 saturated heterocycles. The highest BCUT2D eigenvalue weighted by molar-refractivity contribution is 6.20. The lowest BCUT2D eigenvalue weighted by molar-refractivity contribution is -0.147. The highest BCUT2D eigenvalue weighted by Gasteiger charge is 2.47. The zero-order valence-electron chi connectivity index (χ0n) is 11.1. The fourth-order valence-electron chi connectivity index (χ4n) is 2.82. The van der Waals surface area contributed by atoms with Gasteiger partial charge in [0.25, 0.3) is 0 Å². The molecule has 0 heterocycles. The molecule has 4 nitrogen and oxygen atoms in total. The third-order valence-corrected chi connectivity index (χ3v) is 3.68. The second-order valence-electron chi connectivity index (χ2n) is 4.88. The van der Waals surface area contributed by atoms with E-state index in [1.807, 2.05) is 12.1 Å². The fourth-order valence-corrected chi connectivity index (χ4v) is 2.82. The molecule has 102 valence electrons. The van der Waals surface area contributed by atoms with Crippen LogP contribution in [0.3, 0.4) is 0 Å². The standard InChI is InChI=1S/C16H14O4/c1-2-20-13(17)9-16(19)12-8-4-6-10-5-3-7-11(14(10)12)15(16)18/h3-8,19H,2,9H2,1H3. The summed E-state index contributed by atoms with van der Waals surface area (Å²) in [5.74, 6) is -1.01. The summed E-state index contributed by atoms with van der Waals surface area (Å²) < 4.78 is 4.86. The first-order chi connectivity index (χ1) is 9.58. The van der Waals surface area contributed by atoms with Gasteiger partial charge in [0.15, 0.2) is 11.4 Å². The summed E-state index contributed by atoms with van der Waals surface area (Å²) in [5, 5.41) is 12.4. The average Bonchev–Trinajstić information content (AvgIpc) is 2.64. The van der Waals surface area contributed by atoms with E-state index in [-0.39, 0.29) is 13.0 Å². The molecule has 0 aliphatic heterocycles. The van der Waals surface area contributed by atoms with Crippen molar-refractivity contribution in [3.05, 3.63) is 47.5 Å². The number of hydrogen-bond acceptors (Lipinski definition) is 4. The predicted molar refractivity (Wildman–Crippen MR) is 73.4 cm³/mol. The van der Waals surface area contributed by atoms with Crippen LogP contribution in [-0.4, -0.2) is 23.5 Å². The number of carbonyl (C=O) groups excluding carboxylic acids is 2. The number of benzene rings is 2. The molecule has 0 fully saturated rings. The Labute approximate surface area is 116 Å². The summed E-state index contributed by atoms with van der Waals surface area (Å²) in [6.45, 7) is 1.91. The Bertz CT molecular complexity index is 714. The Morgan fingerprint density at radius 3 is 2.65 bits per heavy atom. The van der Waals surface area contributed by atoms with Crippen molar-refractivity contribution in [3.8, 4) is 0 Å². The lowest BCUT2D eigenvalue weighted by Gasteiger charge is -2.21. The van der Waals surface area contributed by atoms with Crippen LogP contribution in [0.15, 0.2) is 36.4 Å². The Morgan fingerprint density at radius 1 is 1.25 bits per heavy atom. The molecule has 2 aromatic carbocycles. The number of aliphatic hydroxyl groups is 1. The van der Waals surface area contributed by atoms with Crippen LogP contribution in [0.1, 0.15) is 29.3 Å². The Hall–Kier alpha value is -2.20. The van der Waals surface area contributed by atoms with E-state index < -0.39 is 17.4 Å². The van der Waals surface area contributed by atoms with Crippen LogP contribution >= 0.6 is 0 Å². The van der Waals surface area contributed by atoms with Gasteiger partial charge < -0.3 is 9.84 Å². The summed E-state index contributed by atoms with van der Waals surface area (Å²) in [6.07, 6.45) is -0.354. The van der Waals surface area contributed by atoms with E-state index in [0.717, 1.165) is 10.8 Å². The Kier molecular flexibility index (Phi) is 2.83. The van der Waals surface area contributed by atoms with Crippen LogP contribution in [0.5, 0.6) is 0 Å². The number of hydrogen-bond donors (Lipinski definition) is 1. The molecule has 0 spiro atoms. The van der Waals surface area contributed by atoms with E-state index in [4.69, 9.17) is 4.74 Å². The molecular formula is C16H14O4. The fraction of sp³-hybridized carbons (Fsp3) is 0.250. The Balaban J connectivity index is 2.15. The van der Waals surface area contributed by atoms with Gasteiger partial charge in [-0.1, -0.05) is 36.4 Å². The highest BCUT2D eigenvalue weighted by Crippen LogP contribution is 2.42. The van der Waals surface area contributed by atoms with Gasteiger partial charge in [0.1, 0.15) is 0 Å². The van der Waals surface area contributed by atoms with E-state index in [0.29, 0.717) is 11.1 Å². The average molecular weight is 270 g/mol. The topological polar surface area (TPSA) is 63.6 Å². The maximum atomic E-state index is 12.5. The summed E-state index contributed by atoms with van der Waals surface area (Å²) in [5.41, 5.74) is -0.858. The lowest BCUT2D eigenvalue weighted by Crippen LogP contribution is -2.35. The summed E-state index contributed by atoms with van der Waals surface area (Å²) >= 11 is 0. The van der Waals surface area contributed by atoms with Crippen molar-refractivity contribution >= 4 is 22.5 Å². The maximum absolute atomic E-state index is 12.5. The SMILES string of the molecule is CCOC(=O)CC1(O)C(=O)c2cccc3cccc1c23. The van der Waals surface area contributed by atoms with Crippen LogP contribution in [0.4, 0.5) is 0 Å². The largest absolute Gasteiger partial charge is 0.466 e. The van der Waals surface area contributed by atoms with Crippen molar-refractivity contribution in [3.63, 3.8) is 0 Å². The van der Waals surface area contributed by atoms with Crippen LogP contribution in [-0.2, 0) is 15.1 Å². The molecule has 0 aromatic heterocycles. The molecule has 1 N–H and O–H groups in total. The lowest BCUT2D eigenvalue weighted by atomic mass is 9.90. The molecule has 1 aliphatic rings. The first-order valence-corrected chi connectivity index (χ1v) is 6.53. The molecule has 2 aromatic rings. The molecule has 0 amide bonds. The van der Waals surface area contributed by atoms with Crippen molar-refractivity contribution in [2.75, 3.05) is 6.61 Å².